The van der Waals surface area contributed by atoms with Crippen LogP contribution in [0.4, 0.5) is 0 Å². The Morgan fingerprint density at radius 2 is 1.22 bits per heavy atom. The molecule has 3 heterocycles. The number of piperidine rings is 1. The summed E-state index contributed by atoms with van der Waals surface area (Å²) in [7, 11) is 0. The molecule has 0 N–H and O–H groups in total. The Bertz CT molecular complexity index is 556. The van der Waals surface area contributed by atoms with E-state index >= 15 is 0 Å². The highest BCUT2D eigenvalue weighted by atomic mass is 16.5. The molecule has 4 heteroatoms. The van der Waals surface area contributed by atoms with Crippen LogP contribution in [0, 0.1) is 22.2 Å². The Kier molecular flexibility index (Phi) is 9.14. The summed E-state index contributed by atoms with van der Waals surface area (Å²) in [5.74, 6) is 0.834. The van der Waals surface area contributed by atoms with Crippen LogP contribution in [0.25, 0.3) is 0 Å². The summed E-state index contributed by atoms with van der Waals surface area (Å²) >= 11 is 0. The molecule has 3 rings (SSSR count). The van der Waals surface area contributed by atoms with E-state index in [2.05, 4.69) is 63.2 Å². The van der Waals surface area contributed by atoms with Crippen LogP contribution in [0.1, 0.15) is 87.0 Å². The van der Waals surface area contributed by atoms with Crippen molar-refractivity contribution in [2.75, 3.05) is 65.6 Å². The second kappa shape index (κ2) is 11.1. The van der Waals surface area contributed by atoms with Crippen LogP contribution in [0.5, 0.6) is 0 Å². The summed E-state index contributed by atoms with van der Waals surface area (Å²) in [5, 5.41) is 0. The van der Waals surface area contributed by atoms with E-state index in [1.165, 1.54) is 77.8 Å². The standard InChI is InChI=1S/C28H55N3O/c1-26(2,3)21-31-14-11-24(19-27(4,5)22-29-12-9-8-10-13-29)25(31)20-28(6,7)23-30-15-17-32-18-16-30/h24-25H,8-23H2,1-7H3. The molecule has 0 bridgehead atoms. The number of likely N-dealkylation sites (tertiary alicyclic amines) is 2. The van der Waals surface area contributed by atoms with Gasteiger partial charge >= 0.3 is 0 Å². The molecule has 0 aromatic rings. The highest BCUT2D eigenvalue weighted by molar-refractivity contribution is 4.95. The highest BCUT2D eigenvalue weighted by Crippen LogP contribution is 2.41. The molecule has 2 atom stereocenters. The molecule has 0 aromatic carbocycles. The number of nitrogens with zero attached hydrogens (tertiary/aromatic N) is 3. The maximum absolute atomic E-state index is 5.60. The fourth-order valence-electron chi connectivity index (χ4n) is 6.82. The Morgan fingerprint density at radius 3 is 1.81 bits per heavy atom. The molecular weight excluding hydrogens is 394 g/mol. The molecule has 0 amide bonds. The lowest BCUT2D eigenvalue weighted by atomic mass is 9.74. The predicted molar refractivity (Wildman–Crippen MR) is 137 cm³/mol. The van der Waals surface area contributed by atoms with E-state index in [-0.39, 0.29) is 0 Å². The Labute approximate surface area is 200 Å². The molecular formula is C28H55N3O. The van der Waals surface area contributed by atoms with Gasteiger partial charge in [0.1, 0.15) is 0 Å². The zero-order valence-corrected chi connectivity index (χ0v) is 22.7. The van der Waals surface area contributed by atoms with Gasteiger partial charge in [0.2, 0.25) is 0 Å². The number of hydrogen-bond donors (Lipinski definition) is 0. The van der Waals surface area contributed by atoms with Crippen molar-refractivity contribution in [3.05, 3.63) is 0 Å². The zero-order chi connectivity index (χ0) is 23.4. The number of hydrogen-bond acceptors (Lipinski definition) is 4. The van der Waals surface area contributed by atoms with E-state index in [4.69, 9.17) is 4.74 Å². The lowest BCUT2D eigenvalue weighted by Gasteiger charge is -2.42. The maximum atomic E-state index is 5.60. The minimum atomic E-state index is 0.345. The molecule has 3 fully saturated rings. The van der Waals surface area contributed by atoms with Crippen molar-refractivity contribution >= 4 is 0 Å². The molecule has 0 aromatic heterocycles. The van der Waals surface area contributed by atoms with Gasteiger partial charge in [-0.3, -0.25) is 9.80 Å². The van der Waals surface area contributed by atoms with Crippen molar-refractivity contribution < 1.29 is 4.74 Å². The molecule has 0 aliphatic carbocycles. The molecule has 3 saturated heterocycles. The SMILES string of the molecule is CC(C)(C)CN1CCC(CC(C)(C)CN2CCCCC2)C1CC(C)(C)CN1CCOCC1. The number of ether oxygens (including phenoxy) is 1. The average Bonchev–Trinajstić information content (AvgIpc) is 3.01. The Morgan fingerprint density at radius 1 is 0.656 bits per heavy atom. The first-order chi connectivity index (χ1) is 14.9. The van der Waals surface area contributed by atoms with Crippen LogP contribution in [0.15, 0.2) is 0 Å². The fourth-order valence-corrected chi connectivity index (χ4v) is 6.82. The summed E-state index contributed by atoms with van der Waals surface area (Å²) in [5.41, 5.74) is 1.12. The van der Waals surface area contributed by atoms with Gasteiger partial charge in [0, 0.05) is 38.8 Å². The van der Waals surface area contributed by atoms with Gasteiger partial charge < -0.3 is 9.64 Å². The van der Waals surface area contributed by atoms with E-state index in [1.54, 1.807) is 0 Å². The van der Waals surface area contributed by atoms with Gasteiger partial charge in [-0.2, -0.15) is 0 Å². The van der Waals surface area contributed by atoms with Crippen molar-refractivity contribution in [3.8, 4) is 0 Å². The van der Waals surface area contributed by atoms with Gasteiger partial charge in [0.25, 0.3) is 0 Å². The summed E-state index contributed by atoms with van der Waals surface area (Å²) in [6, 6.07) is 0.728. The normalized spacial score (nSPS) is 27.8. The smallest absolute Gasteiger partial charge is 0.0594 e. The first kappa shape index (κ1) is 26.4. The van der Waals surface area contributed by atoms with E-state index in [0.717, 1.165) is 38.3 Å². The molecule has 0 saturated carbocycles. The quantitative estimate of drug-likeness (QED) is 0.471. The van der Waals surface area contributed by atoms with Crippen molar-refractivity contribution in [2.24, 2.45) is 22.2 Å². The highest BCUT2D eigenvalue weighted by Gasteiger charge is 2.41. The zero-order valence-electron chi connectivity index (χ0n) is 22.7. The van der Waals surface area contributed by atoms with E-state index in [0.29, 0.717) is 16.2 Å². The second-order valence-electron chi connectivity index (χ2n) is 14.1. The molecule has 2 unspecified atom stereocenters. The molecule has 0 radical (unpaired) electrons. The van der Waals surface area contributed by atoms with E-state index in [9.17, 15) is 0 Å². The van der Waals surface area contributed by atoms with Crippen molar-refractivity contribution in [3.63, 3.8) is 0 Å². The van der Waals surface area contributed by atoms with Gasteiger partial charge in [-0.25, -0.2) is 0 Å². The summed E-state index contributed by atoms with van der Waals surface area (Å²) in [6.07, 6.45) is 8.32. The topological polar surface area (TPSA) is 19.0 Å². The van der Waals surface area contributed by atoms with Crippen LogP contribution >= 0.6 is 0 Å². The Balaban J connectivity index is 1.66. The third kappa shape index (κ3) is 8.56. The molecule has 0 spiro atoms. The minimum absolute atomic E-state index is 0.345. The third-order valence-corrected chi connectivity index (χ3v) is 7.91. The largest absolute Gasteiger partial charge is 0.379 e. The molecule has 3 aliphatic rings. The van der Waals surface area contributed by atoms with Gasteiger partial charge in [-0.05, 0) is 73.9 Å². The lowest BCUT2D eigenvalue weighted by Crippen LogP contribution is -2.47. The first-order valence-corrected chi connectivity index (χ1v) is 13.7. The van der Waals surface area contributed by atoms with E-state index < -0.39 is 0 Å². The fraction of sp³-hybridized carbons (Fsp3) is 1.00. The van der Waals surface area contributed by atoms with Crippen LogP contribution in [0.3, 0.4) is 0 Å². The molecule has 32 heavy (non-hydrogen) atoms. The monoisotopic (exact) mass is 449 g/mol. The molecule has 4 nitrogen and oxygen atoms in total. The molecule has 188 valence electrons. The second-order valence-corrected chi connectivity index (χ2v) is 14.1. The van der Waals surface area contributed by atoms with Crippen LogP contribution < -0.4 is 0 Å². The number of rotatable bonds is 9. The lowest BCUT2D eigenvalue weighted by molar-refractivity contribution is 0.0121. The minimum Gasteiger partial charge on any atom is -0.379 e. The van der Waals surface area contributed by atoms with E-state index in [1.807, 2.05) is 0 Å². The molecule has 3 aliphatic heterocycles. The van der Waals surface area contributed by atoms with Gasteiger partial charge in [-0.15, -0.1) is 0 Å². The summed E-state index contributed by atoms with van der Waals surface area (Å²) in [6.45, 7) is 29.0. The average molecular weight is 450 g/mol. The predicted octanol–water partition coefficient (Wildman–Crippen LogP) is 5.37. The first-order valence-electron chi connectivity index (χ1n) is 13.7. The summed E-state index contributed by atoms with van der Waals surface area (Å²) < 4.78 is 5.60. The van der Waals surface area contributed by atoms with Crippen molar-refractivity contribution in [1.29, 1.82) is 0 Å². The van der Waals surface area contributed by atoms with Gasteiger partial charge in [0.05, 0.1) is 13.2 Å². The van der Waals surface area contributed by atoms with Crippen molar-refractivity contribution in [1.82, 2.24) is 14.7 Å². The maximum Gasteiger partial charge on any atom is 0.0594 e. The van der Waals surface area contributed by atoms with Gasteiger partial charge in [0.15, 0.2) is 0 Å². The van der Waals surface area contributed by atoms with Crippen LogP contribution in [-0.2, 0) is 4.74 Å². The third-order valence-electron chi connectivity index (χ3n) is 7.91. The van der Waals surface area contributed by atoms with Crippen LogP contribution in [0.2, 0.25) is 0 Å². The van der Waals surface area contributed by atoms with Gasteiger partial charge in [-0.1, -0.05) is 54.9 Å². The number of morpholine rings is 1. The van der Waals surface area contributed by atoms with Crippen LogP contribution in [-0.4, -0.2) is 86.3 Å². The summed E-state index contributed by atoms with van der Waals surface area (Å²) in [4.78, 5) is 8.27. The van der Waals surface area contributed by atoms with Crippen molar-refractivity contribution in [2.45, 2.75) is 93.0 Å². The Hall–Kier alpha value is -0.160.